The Labute approximate surface area is 121 Å². The van der Waals surface area contributed by atoms with Gasteiger partial charge in [-0.05, 0) is 34.5 Å². The van der Waals surface area contributed by atoms with E-state index in [4.69, 9.17) is 4.74 Å². The lowest BCUT2D eigenvalue weighted by atomic mass is 10.2. The van der Waals surface area contributed by atoms with E-state index in [1.165, 1.54) is 0 Å². The summed E-state index contributed by atoms with van der Waals surface area (Å²) < 4.78 is 6.46. The van der Waals surface area contributed by atoms with E-state index < -0.39 is 0 Å². The molecule has 19 heavy (non-hydrogen) atoms. The number of aromatic nitrogens is 2. The SMILES string of the molecule is CCCOc1cccc(-c2ncc(Br)c(NC)n2)c1. The van der Waals surface area contributed by atoms with Gasteiger partial charge in [0.05, 0.1) is 11.1 Å². The van der Waals surface area contributed by atoms with E-state index in [0.717, 1.165) is 28.0 Å². The molecule has 100 valence electrons. The molecule has 0 bridgehead atoms. The summed E-state index contributed by atoms with van der Waals surface area (Å²) in [6.07, 6.45) is 2.73. The first-order valence-electron chi connectivity index (χ1n) is 6.18. The predicted octanol–water partition coefficient (Wildman–Crippen LogP) is 3.74. The van der Waals surface area contributed by atoms with Crippen LogP contribution in [0, 0.1) is 0 Å². The van der Waals surface area contributed by atoms with Crippen molar-refractivity contribution in [2.45, 2.75) is 13.3 Å². The Kier molecular flexibility index (Phi) is 4.74. The molecule has 0 aliphatic rings. The number of anilines is 1. The van der Waals surface area contributed by atoms with Crippen LogP contribution in [0.25, 0.3) is 11.4 Å². The fourth-order valence-corrected chi connectivity index (χ4v) is 2.02. The number of ether oxygens (including phenoxy) is 1. The van der Waals surface area contributed by atoms with E-state index in [9.17, 15) is 0 Å². The Morgan fingerprint density at radius 3 is 2.95 bits per heavy atom. The average molecular weight is 322 g/mol. The Hall–Kier alpha value is -1.62. The van der Waals surface area contributed by atoms with E-state index in [-0.39, 0.29) is 0 Å². The van der Waals surface area contributed by atoms with Crippen molar-refractivity contribution in [1.82, 2.24) is 9.97 Å². The van der Waals surface area contributed by atoms with Crippen LogP contribution in [0.3, 0.4) is 0 Å². The number of hydrogen-bond acceptors (Lipinski definition) is 4. The van der Waals surface area contributed by atoms with Crippen LogP contribution in [0.5, 0.6) is 5.75 Å². The zero-order valence-corrected chi connectivity index (χ0v) is 12.6. The summed E-state index contributed by atoms with van der Waals surface area (Å²) in [5.41, 5.74) is 0.942. The first-order chi connectivity index (χ1) is 9.24. The van der Waals surface area contributed by atoms with E-state index in [2.05, 4.69) is 38.1 Å². The molecule has 2 aromatic rings. The van der Waals surface area contributed by atoms with Gasteiger partial charge in [0.25, 0.3) is 0 Å². The maximum absolute atomic E-state index is 5.62. The minimum Gasteiger partial charge on any atom is -0.494 e. The van der Waals surface area contributed by atoms with Crippen LogP contribution >= 0.6 is 15.9 Å². The molecule has 1 aromatic carbocycles. The van der Waals surface area contributed by atoms with Gasteiger partial charge in [-0.25, -0.2) is 9.97 Å². The quantitative estimate of drug-likeness (QED) is 0.911. The second kappa shape index (κ2) is 6.52. The highest BCUT2D eigenvalue weighted by molar-refractivity contribution is 9.10. The largest absolute Gasteiger partial charge is 0.494 e. The van der Waals surface area contributed by atoms with Crippen LogP contribution < -0.4 is 10.1 Å². The van der Waals surface area contributed by atoms with Gasteiger partial charge < -0.3 is 10.1 Å². The minimum absolute atomic E-state index is 0.675. The second-order valence-electron chi connectivity index (χ2n) is 4.02. The Morgan fingerprint density at radius 2 is 2.21 bits per heavy atom. The summed E-state index contributed by atoms with van der Waals surface area (Å²) >= 11 is 3.40. The first kappa shape index (κ1) is 13.8. The normalized spacial score (nSPS) is 10.3. The van der Waals surface area contributed by atoms with Crippen molar-refractivity contribution in [2.75, 3.05) is 19.0 Å². The predicted molar refractivity (Wildman–Crippen MR) is 80.5 cm³/mol. The van der Waals surface area contributed by atoms with Crippen molar-refractivity contribution in [2.24, 2.45) is 0 Å². The molecule has 2 rings (SSSR count). The van der Waals surface area contributed by atoms with Crippen molar-refractivity contribution in [3.63, 3.8) is 0 Å². The highest BCUT2D eigenvalue weighted by Crippen LogP contribution is 2.25. The molecule has 0 amide bonds. The van der Waals surface area contributed by atoms with Gasteiger partial charge in [0.2, 0.25) is 0 Å². The smallest absolute Gasteiger partial charge is 0.161 e. The number of nitrogens with zero attached hydrogens (tertiary/aromatic N) is 2. The lowest BCUT2D eigenvalue weighted by molar-refractivity contribution is 0.317. The third-order valence-electron chi connectivity index (χ3n) is 2.55. The summed E-state index contributed by atoms with van der Waals surface area (Å²) in [6, 6.07) is 7.82. The summed E-state index contributed by atoms with van der Waals surface area (Å²) in [5, 5.41) is 3.03. The Bertz CT molecular complexity index is 560. The minimum atomic E-state index is 0.675. The molecule has 4 nitrogen and oxygen atoms in total. The maximum atomic E-state index is 5.62. The zero-order valence-electron chi connectivity index (χ0n) is 11.0. The maximum Gasteiger partial charge on any atom is 0.161 e. The molecular weight excluding hydrogens is 306 g/mol. The van der Waals surface area contributed by atoms with Gasteiger partial charge in [-0.15, -0.1) is 0 Å². The molecule has 0 spiro atoms. The average Bonchev–Trinajstić information content (AvgIpc) is 2.46. The van der Waals surface area contributed by atoms with Crippen molar-refractivity contribution >= 4 is 21.7 Å². The lowest BCUT2D eigenvalue weighted by Crippen LogP contribution is -1.98. The summed E-state index contributed by atoms with van der Waals surface area (Å²) in [4.78, 5) is 8.78. The van der Waals surface area contributed by atoms with Gasteiger partial charge in [-0.2, -0.15) is 0 Å². The molecule has 0 aliphatic heterocycles. The highest BCUT2D eigenvalue weighted by Gasteiger charge is 2.06. The number of benzene rings is 1. The second-order valence-corrected chi connectivity index (χ2v) is 4.87. The third-order valence-corrected chi connectivity index (χ3v) is 3.13. The molecule has 1 heterocycles. The van der Waals surface area contributed by atoms with Crippen LogP contribution in [-0.4, -0.2) is 23.6 Å². The van der Waals surface area contributed by atoms with Crippen LogP contribution in [-0.2, 0) is 0 Å². The van der Waals surface area contributed by atoms with Gasteiger partial charge in [0.15, 0.2) is 5.82 Å². The highest BCUT2D eigenvalue weighted by atomic mass is 79.9. The summed E-state index contributed by atoms with van der Waals surface area (Å²) in [5.74, 6) is 2.29. The standard InChI is InChI=1S/C14H16BrN3O/c1-3-7-19-11-6-4-5-10(8-11)13-17-9-12(15)14(16-2)18-13/h4-6,8-9H,3,7H2,1-2H3,(H,16,17,18). The Morgan fingerprint density at radius 1 is 1.37 bits per heavy atom. The van der Waals surface area contributed by atoms with Crippen LogP contribution in [0.1, 0.15) is 13.3 Å². The fraction of sp³-hybridized carbons (Fsp3) is 0.286. The molecule has 0 unspecified atom stereocenters. The van der Waals surface area contributed by atoms with E-state index in [0.29, 0.717) is 12.4 Å². The lowest BCUT2D eigenvalue weighted by Gasteiger charge is -2.08. The summed E-state index contributed by atoms with van der Waals surface area (Å²) in [6.45, 7) is 2.80. The van der Waals surface area contributed by atoms with Crippen LogP contribution in [0.2, 0.25) is 0 Å². The molecule has 0 atom stereocenters. The molecule has 0 saturated heterocycles. The fourth-order valence-electron chi connectivity index (χ4n) is 1.63. The third kappa shape index (κ3) is 3.44. The first-order valence-corrected chi connectivity index (χ1v) is 6.97. The van der Waals surface area contributed by atoms with Gasteiger partial charge in [-0.1, -0.05) is 19.1 Å². The Balaban J connectivity index is 2.30. The van der Waals surface area contributed by atoms with Crippen LogP contribution in [0.15, 0.2) is 34.9 Å². The molecule has 0 radical (unpaired) electrons. The van der Waals surface area contributed by atoms with E-state index >= 15 is 0 Å². The van der Waals surface area contributed by atoms with Crippen molar-refractivity contribution < 1.29 is 4.74 Å². The topological polar surface area (TPSA) is 47.0 Å². The van der Waals surface area contributed by atoms with Gasteiger partial charge in [-0.3, -0.25) is 0 Å². The number of nitrogens with one attached hydrogen (secondary N) is 1. The van der Waals surface area contributed by atoms with Crippen molar-refractivity contribution in [1.29, 1.82) is 0 Å². The molecule has 0 fully saturated rings. The van der Waals surface area contributed by atoms with Gasteiger partial charge in [0, 0.05) is 18.8 Å². The molecule has 0 saturated carbocycles. The molecule has 1 aromatic heterocycles. The molecular formula is C14H16BrN3O. The number of rotatable bonds is 5. The van der Waals surface area contributed by atoms with Gasteiger partial charge in [0.1, 0.15) is 11.6 Å². The zero-order chi connectivity index (χ0) is 13.7. The van der Waals surface area contributed by atoms with Crippen LogP contribution in [0.4, 0.5) is 5.82 Å². The number of hydrogen-bond donors (Lipinski definition) is 1. The van der Waals surface area contributed by atoms with E-state index in [1.807, 2.05) is 31.3 Å². The van der Waals surface area contributed by atoms with Crippen molar-refractivity contribution in [3.05, 3.63) is 34.9 Å². The molecule has 0 aliphatic carbocycles. The molecule has 1 N–H and O–H groups in total. The summed E-state index contributed by atoms with van der Waals surface area (Å²) in [7, 11) is 1.83. The van der Waals surface area contributed by atoms with Gasteiger partial charge >= 0.3 is 0 Å². The van der Waals surface area contributed by atoms with Crippen molar-refractivity contribution in [3.8, 4) is 17.1 Å². The number of halogens is 1. The van der Waals surface area contributed by atoms with E-state index in [1.54, 1.807) is 6.20 Å². The molecule has 5 heteroatoms. The monoisotopic (exact) mass is 321 g/mol.